The summed E-state index contributed by atoms with van der Waals surface area (Å²) in [6.45, 7) is 0.268. The van der Waals surface area contributed by atoms with Gasteiger partial charge in [0, 0.05) is 11.1 Å². The summed E-state index contributed by atoms with van der Waals surface area (Å²) < 4.78 is 21.2. The topological polar surface area (TPSA) is 95.1 Å². The predicted molar refractivity (Wildman–Crippen MR) is 107 cm³/mol. The molecule has 2 heterocycles. The van der Waals surface area contributed by atoms with E-state index < -0.39 is 0 Å². The summed E-state index contributed by atoms with van der Waals surface area (Å²) >= 11 is 0. The smallest absolute Gasteiger partial charge is 0.255 e. The summed E-state index contributed by atoms with van der Waals surface area (Å²) in [4.78, 5) is 25.4. The van der Waals surface area contributed by atoms with Gasteiger partial charge in [0.25, 0.3) is 11.8 Å². The second kappa shape index (κ2) is 7.32. The lowest BCUT2D eigenvalue weighted by atomic mass is 10.1. The molecule has 3 aromatic carbocycles. The fourth-order valence-electron chi connectivity index (χ4n) is 3.17. The van der Waals surface area contributed by atoms with E-state index in [4.69, 9.17) is 18.9 Å². The van der Waals surface area contributed by atoms with Crippen LogP contribution in [0.25, 0.3) is 0 Å². The molecule has 2 aliphatic heterocycles. The van der Waals surface area contributed by atoms with Gasteiger partial charge < -0.3 is 29.6 Å². The van der Waals surface area contributed by atoms with Crippen molar-refractivity contribution in [2.75, 3.05) is 24.2 Å². The Bertz CT molecular complexity index is 1070. The summed E-state index contributed by atoms with van der Waals surface area (Å²) in [6.07, 6.45) is 0. The van der Waals surface area contributed by atoms with E-state index in [1.807, 2.05) is 0 Å². The van der Waals surface area contributed by atoms with Gasteiger partial charge in [0.15, 0.2) is 23.0 Å². The quantitative estimate of drug-likeness (QED) is 0.689. The van der Waals surface area contributed by atoms with Crippen molar-refractivity contribution in [2.24, 2.45) is 0 Å². The summed E-state index contributed by atoms with van der Waals surface area (Å²) in [5.74, 6) is 1.57. The van der Waals surface area contributed by atoms with E-state index in [-0.39, 0.29) is 25.4 Å². The fourth-order valence-corrected chi connectivity index (χ4v) is 3.17. The molecule has 30 heavy (non-hydrogen) atoms. The standard InChI is InChI=1S/C22H16N2O6/c25-21(13-5-7-17-19(9-13)29-11-27-17)23-15-3-1-2-4-16(15)24-22(26)14-6-8-18-20(10-14)30-12-28-18/h1-10H,11-12H2,(H,23,25)(H,24,26). The molecule has 3 aromatic rings. The Balaban J connectivity index is 1.34. The monoisotopic (exact) mass is 404 g/mol. The van der Waals surface area contributed by atoms with Crippen molar-refractivity contribution in [3.63, 3.8) is 0 Å². The van der Waals surface area contributed by atoms with E-state index in [9.17, 15) is 9.59 Å². The zero-order valence-corrected chi connectivity index (χ0v) is 15.6. The Morgan fingerprint density at radius 3 is 1.50 bits per heavy atom. The predicted octanol–water partition coefficient (Wildman–Crippen LogP) is 3.65. The molecule has 8 heteroatoms. The largest absolute Gasteiger partial charge is 0.454 e. The number of amides is 2. The maximum Gasteiger partial charge on any atom is 0.255 e. The maximum atomic E-state index is 12.7. The van der Waals surface area contributed by atoms with Gasteiger partial charge in [-0.3, -0.25) is 9.59 Å². The minimum Gasteiger partial charge on any atom is -0.454 e. The van der Waals surface area contributed by atoms with Gasteiger partial charge in [-0.2, -0.15) is 0 Å². The highest BCUT2D eigenvalue weighted by Crippen LogP contribution is 2.34. The molecular formula is C22H16N2O6. The summed E-state index contributed by atoms with van der Waals surface area (Å²) in [5, 5.41) is 5.64. The van der Waals surface area contributed by atoms with Crippen molar-refractivity contribution >= 4 is 23.2 Å². The normalized spacial score (nSPS) is 13.1. The summed E-state index contributed by atoms with van der Waals surface area (Å²) in [6, 6.07) is 16.9. The van der Waals surface area contributed by atoms with Crippen molar-refractivity contribution in [2.45, 2.75) is 0 Å². The van der Waals surface area contributed by atoms with E-state index in [0.717, 1.165) is 0 Å². The minimum absolute atomic E-state index is 0.134. The van der Waals surface area contributed by atoms with Crippen LogP contribution in [0.4, 0.5) is 11.4 Å². The van der Waals surface area contributed by atoms with Crippen molar-refractivity contribution in [1.82, 2.24) is 0 Å². The van der Waals surface area contributed by atoms with Gasteiger partial charge in [0.2, 0.25) is 13.6 Å². The van der Waals surface area contributed by atoms with Gasteiger partial charge in [0.1, 0.15) is 0 Å². The zero-order chi connectivity index (χ0) is 20.5. The summed E-state index contributed by atoms with van der Waals surface area (Å²) in [5.41, 5.74) is 1.76. The van der Waals surface area contributed by atoms with Crippen LogP contribution in [0, 0.1) is 0 Å². The van der Waals surface area contributed by atoms with E-state index in [1.165, 1.54) is 0 Å². The minimum atomic E-state index is -0.335. The molecule has 0 unspecified atom stereocenters. The molecule has 0 saturated carbocycles. The lowest BCUT2D eigenvalue weighted by Crippen LogP contribution is -2.16. The highest BCUT2D eigenvalue weighted by atomic mass is 16.7. The number of benzene rings is 3. The number of ether oxygens (including phenoxy) is 4. The lowest BCUT2D eigenvalue weighted by Gasteiger charge is -2.13. The van der Waals surface area contributed by atoms with E-state index >= 15 is 0 Å². The molecule has 2 N–H and O–H groups in total. The average molecular weight is 404 g/mol. The number of rotatable bonds is 4. The first-order chi connectivity index (χ1) is 14.7. The molecule has 5 rings (SSSR count). The first kappa shape index (κ1) is 17.9. The number of hydrogen-bond donors (Lipinski definition) is 2. The Hall–Kier alpha value is -4.20. The van der Waals surface area contributed by atoms with Crippen molar-refractivity contribution in [1.29, 1.82) is 0 Å². The fraction of sp³-hybridized carbons (Fsp3) is 0.0909. The van der Waals surface area contributed by atoms with Crippen LogP contribution in [0.2, 0.25) is 0 Å². The van der Waals surface area contributed by atoms with Gasteiger partial charge in [-0.05, 0) is 48.5 Å². The van der Waals surface area contributed by atoms with Gasteiger partial charge >= 0.3 is 0 Å². The third kappa shape index (κ3) is 3.35. The summed E-state index contributed by atoms with van der Waals surface area (Å²) in [7, 11) is 0. The Labute approximate surface area is 171 Å². The van der Waals surface area contributed by atoms with Crippen LogP contribution >= 0.6 is 0 Å². The second-order valence-electron chi connectivity index (χ2n) is 6.59. The Morgan fingerprint density at radius 1 is 0.600 bits per heavy atom. The molecule has 150 valence electrons. The highest BCUT2D eigenvalue weighted by Gasteiger charge is 2.19. The van der Waals surface area contributed by atoms with Crippen molar-refractivity contribution < 1.29 is 28.5 Å². The number of para-hydroxylation sites is 2. The SMILES string of the molecule is O=C(Nc1ccccc1NC(=O)c1ccc2c(c1)OCO2)c1ccc2c(c1)OCO2. The van der Waals surface area contributed by atoms with Gasteiger partial charge in [-0.25, -0.2) is 0 Å². The molecule has 0 saturated heterocycles. The highest BCUT2D eigenvalue weighted by molar-refractivity contribution is 6.10. The molecular weight excluding hydrogens is 388 g/mol. The third-order valence-electron chi connectivity index (χ3n) is 4.69. The number of nitrogens with one attached hydrogen (secondary N) is 2. The number of carbonyl (C=O) groups excluding carboxylic acids is 2. The van der Waals surface area contributed by atoms with E-state index in [2.05, 4.69) is 10.6 Å². The average Bonchev–Trinajstić information content (AvgIpc) is 3.43. The maximum absolute atomic E-state index is 12.7. The zero-order valence-electron chi connectivity index (χ0n) is 15.6. The second-order valence-corrected chi connectivity index (χ2v) is 6.59. The number of carbonyl (C=O) groups is 2. The first-order valence-corrected chi connectivity index (χ1v) is 9.18. The van der Waals surface area contributed by atoms with Gasteiger partial charge in [-0.15, -0.1) is 0 Å². The van der Waals surface area contributed by atoms with Crippen LogP contribution in [0.5, 0.6) is 23.0 Å². The van der Waals surface area contributed by atoms with E-state index in [1.54, 1.807) is 60.7 Å². The number of hydrogen-bond acceptors (Lipinski definition) is 6. The molecule has 2 amide bonds. The molecule has 8 nitrogen and oxygen atoms in total. The lowest BCUT2D eigenvalue weighted by molar-refractivity contribution is 0.101. The molecule has 0 spiro atoms. The molecule has 0 atom stereocenters. The number of fused-ring (bicyclic) bond motifs is 2. The van der Waals surface area contributed by atoms with Crippen LogP contribution in [-0.2, 0) is 0 Å². The van der Waals surface area contributed by atoms with Crippen LogP contribution in [0.3, 0.4) is 0 Å². The molecule has 0 aromatic heterocycles. The molecule has 0 fully saturated rings. The molecule has 2 aliphatic rings. The van der Waals surface area contributed by atoms with Crippen LogP contribution in [0.15, 0.2) is 60.7 Å². The molecule has 0 bridgehead atoms. The molecule has 0 aliphatic carbocycles. The van der Waals surface area contributed by atoms with E-state index in [0.29, 0.717) is 45.5 Å². The van der Waals surface area contributed by atoms with Crippen molar-refractivity contribution in [3.05, 3.63) is 71.8 Å². The van der Waals surface area contributed by atoms with Gasteiger partial charge in [0.05, 0.1) is 11.4 Å². The van der Waals surface area contributed by atoms with Crippen LogP contribution in [-0.4, -0.2) is 25.4 Å². The van der Waals surface area contributed by atoms with Crippen molar-refractivity contribution in [3.8, 4) is 23.0 Å². The number of anilines is 2. The Morgan fingerprint density at radius 2 is 1.03 bits per heavy atom. The van der Waals surface area contributed by atoms with Crippen LogP contribution < -0.4 is 29.6 Å². The molecule has 0 radical (unpaired) electrons. The van der Waals surface area contributed by atoms with Crippen LogP contribution in [0.1, 0.15) is 20.7 Å². The first-order valence-electron chi connectivity index (χ1n) is 9.18. The van der Waals surface area contributed by atoms with Gasteiger partial charge in [-0.1, -0.05) is 12.1 Å². The Kier molecular flexibility index (Phi) is 4.36. The third-order valence-corrected chi connectivity index (χ3v) is 4.69.